The van der Waals surface area contributed by atoms with E-state index in [1.54, 1.807) is 0 Å². The van der Waals surface area contributed by atoms with Crippen molar-refractivity contribution < 1.29 is 48.3 Å². The smallest absolute Gasteiger partial charge is 0.286 e. The van der Waals surface area contributed by atoms with Crippen LogP contribution in [0.1, 0.15) is 82.3 Å². The van der Waals surface area contributed by atoms with Crippen LogP contribution in [-0.2, 0) is 35.3 Å². The van der Waals surface area contributed by atoms with E-state index < -0.39 is 11.2 Å². The van der Waals surface area contributed by atoms with Gasteiger partial charge in [-0.25, -0.2) is 0 Å². The molecule has 12 nitrogen and oxygen atoms in total. The van der Waals surface area contributed by atoms with Crippen molar-refractivity contribution in [3.8, 4) is 34.5 Å². The number of carbonyl (C=O) groups excluding carboxylic acids is 4. The average Bonchev–Trinajstić information content (AvgIpc) is 3.75. The lowest BCUT2D eigenvalue weighted by Crippen LogP contribution is -2.42. The molecule has 2 fully saturated rings. The van der Waals surface area contributed by atoms with Crippen molar-refractivity contribution >= 4 is 45.8 Å². The third kappa shape index (κ3) is 9.51. The Balaban J connectivity index is 0.000000186. The van der Waals surface area contributed by atoms with E-state index >= 15 is 0 Å². The number of phenolic OH excluding ortho intramolecular Hbond substituents is 2. The van der Waals surface area contributed by atoms with E-state index in [1.165, 1.54) is 0 Å². The number of thioether (sulfide) groups is 2. The molecule has 62 heavy (non-hydrogen) atoms. The van der Waals surface area contributed by atoms with Gasteiger partial charge in [-0.2, -0.15) is 0 Å². The summed E-state index contributed by atoms with van der Waals surface area (Å²) >= 11 is 2.07. The van der Waals surface area contributed by atoms with E-state index in [9.17, 15) is 29.4 Å². The molecule has 0 aliphatic carbocycles. The van der Waals surface area contributed by atoms with Crippen LogP contribution in [0.15, 0.2) is 48.5 Å². The first-order chi connectivity index (χ1) is 29.3. The summed E-state index contributed by atoms with van der Waals surface area (Å²) in [6.07, 6.45) is 4.25. The van der Waals surface area contributed by atoms with Crippen LogP contribution in [-0.4, -0.2) is 67.4 Å². The van der Waals surface area contributed by atoms with Gasteiger partial charge in [-0.1, -0.05) is 47.8 Å². The molecule has 4 aliphatic heterocycles. The molecule has 328 valence electrons. The Kier molecular flexibility index (Phi) is 12.8. The largest absolute Gasteiger partial charge is 0.507 e. The standard InChI is InChI=1S/2C24H27NO5S/c2*1-13-14(2)21-18(15(3)20(13)26)9-10-24(4,30-21)12-29-17-7-5-16(6-8-17)11-19-22(27)25-23(28)31-19/h2*5-8,19,26H,9-12H2,1-4H3,(H,25,27,28). The van der Waals surface area contributed by atoms with Gasteiger partial charge in [0, 0.05) is 11.1 Å². The molecule has 4 aromatic rings. The molecular formula is C48H54N2O10S2. The number of rotatable bonds is 10. The van der Waals surface area contributed by atoms with E-state index in [-0.39, 0.29) is 32.8 Å². The predicted octanol–water partition coefficient (Wildman–Crippen LogP) is 8.75. The molecular weight excluding hydrogens is 829 g/mol. The highest BCUT2D eigenvalue weighted by molar-refractivity contribution is 8.15. The van der Waals surface area contributed by atoms with Gasteiger partial charge in [-0.15, -0.1) is 0 Å². The molecule has 2 saturated heterocycles. The van der Waals surface area contributed by atoms with Crippen LogP contribution in [0.5, 0.6) is 34.5 Å². The van der Waals surface area contributed by atoms with Crippen molar-refractivity contribution in [2.75, 3.05) is 13.2 Å². The van der Waals surface area contributed by atoms with Crippen LogP contribution >= 0.6 is 23.5 Å². The fourth-order valence-corrected chi connectivity index (χ4v) is 9.91. The Morgan fingerprint density at radius 3 is 1.26 bits per heavy atom. The Bertz CT molecular complexity index is 2270. The maximum atomic E-state index is 11.7. The molecule has 0 bridgehead atoms. The topological polar surface area (TPSA) is 170 Å². The van der Waals surface area contributed by atoms with Gasteiger partial charge in [0.1, 0.15) is 58.9 Å². The van der Waals surface area contributed by atoms with E-state index in [0.29, 0.717) is 37.6 Å². The van der Waals surface area contributed by atoms with Gasteiger partial charge in [0.2, 0.25) is 11.8 Å². The summed E-state index contributed by atoms with van der Waals surface area (Å²) in [4.78, 5) is 46.1. The summed E-state index contributed by atoms with van der Waals surface area (Å²) in [6, 6.07) is 15.2. The van der Waals surface area contributed by atoms with E-state index in [0.717, 1.165) is 128 Å². The monoisotopic (exact) mass is 882 g/mol. The molecule has 4 N–H and O–H groups in total. The van der Waals surface area contributed by atoms with Gasteiger partial charge < -0.3 is 29.2 Å². The minimum Gasteiger partial charge on any atom is -0.507 e. The quantitative estimate of drug-likeness (QED) is 0.120. The number of hydrogen-bond donors (Lipinski definition) is 4. The summed E-state index contributed by atoms with van der Waals surface area (Å²) in [5.41, 5.74) is 8.62. The second kappa shape index (κ2) is 17.8. The zero-order chi connectivity index (χ0) is 44.7. The van der Waals surface area contributed by atoms with Crippen LogP contribution in [0.2, 0.25) is 0 Å². The van der Waals surface area contributed by atoms with Crippen LogP contribution < -0.4 is 29.6 Å². The highest BCUT2D eigenvalue weighted by Gasteiger charge is 2.38. The number of ether oxygens (including phenoxy) is 4. The molecule has 0 saturated carbocycles. The predicted molar refractivity (Wildman–Crippen MR) is 240 cm³/mol. The lowest BCUT2D eigenvalue weighted by atomic mass is 9.87. The molecule has 4 amide bonds. The molecule has 4 atom stereocenters. The van der Waals surface area contributed by atoms with Crippen molar-refractivity contribution in [1.82, 2.24) is 10.6 Å². The molecule has 0 aromatic heterocycles. The minimum absolute atomic E-state index is 0.230. The van der Waals surface area contributed by atoms with E-state index in [1.807, 2.05) is 104 Å². The second-order valence-corrected chi connectivity index (χ2v) is 19.6. The van der Waals surface area contributed by atoms with Gasteiger partial charge in [0.15, 0.2) is 0 Å². The van der Waals surface area contributed by atoms with Gasteiger partial charge in [-0.05, 0) is 163 Å². The zero-order valence-corrected chi connectivity index (χ0v) is 38.0. The first kappa shape index (κ1) is 44.7. The normalized spacial score (nSPS) is 22.6. The summed E-state index contributed by atoms with van der Waals surface area (Å²) in [5, 5.41) is 24.0. The van der Waals surface area contributed by atoms with Gasteiger partial charge in [-0.3, -0.25) is 29.8 Å². The zero-order valence-electron chi connectivity index (χ0n) is 36.4. The van der Waals surface area contributed by atoms with Gasteiger partial charge in [0.25, 0.3) is 10.5 Å². The summed E-state index contributed by atoms with van der Waals surface area (Å²) < 4.78 is 24.9. The lowest BCUT2D eigenvalue weighted by molar-refractivity contribution is -0.119. The molecule has 8 rings (SSSR count). The Morgan fingerprint density at radius 2 is 0.935 bits per heavy atom. The van der Waals surface area contributed by atoms with Crippen molar-refractivity contribution in [2.45, 2.75) is 116 Å². The Morgan fingerprint density at radius 1 is 0.581 bits per heavy atom. The Hall–Kier alpha value is -5.34. The van der Waals surface area contributed by atoms with Crippen molar-refractivity contribution in [3.63, 3.8) is 0 Å². The maximum absolute atomic E-state index is 11.7. The van der Waals surface area contributed by atoms with E-state index in [2.05, 4.69) is 10.6 Å². The van der Waals surface area contributed by atoms with Crippen molar-refractivity contribution in [1.29, 1.82) is 0 Å². The Labute approximate surface area is 370 Å². The maximum Gasteiger partial charge on any atom is 0.286 e. The van der Waals surface area contributed by atoms with Crippen LogP contribution in [0.3, 0.4) is 0 Å². The number of nitrogens with one attached hydrogen (secondary N) is 2. The van der Waals surface area contributed by atoms with Crippen molar-refractivity contribution in [2.24, 2.45) is 0 Å². The fourth-order valence-electron chi connectivity index (χ4n) is 8.19. The molecule has 0 radical (unpaired) electrons. The second-order valence-electron chi connectivity index (χ2n) is 17.2. The number of fused-ring (bicyclic) bond motifs is 2. The fraction of sp³-hybridized carbons (Fsp3) is 0.417. The minimum atomic E-state index is -0.467. The lowest BCUT2D eigenvalue weighted by Gasteiger charge is -2.37. The number of carbonyl (C=O) groups is 4. The summed E-state index contributed by atoms with van der Waals surface area (Å²) in [7, 11) is 0. The first-order valence-corrected chi connectivity index (χ1v) is 22.6. The molecule has 0 spiro atoms. The summed E-state index contributed by atoms with van der Waals surface area (Å²) in [6.45, 7) is 16.6. The van der Waals surface area contributed by atoms with E-state index in [4.69, 9.17) is 18.9 Å². The SMILES string of the molecule is Cc1c(C)c2c(c(C)c1O)CCC(C)(COc1ccc(CC3SC(=O)NC3=O)cc1)O2.Cc1c(C)c2c(c(C)c1O)CCC(C)(COc1ccc(CC3SC(=O)NC3=O)cc1)O2. The number of aromatic hydroxyl groups is 2. The number of hydrogen-bond acceptors (Lipinski definition) is 12. The average molecular weight is 883 g/mol. The first-order valence-electron chi connectivity index (χ1n) is 20.8. The summed E-state index contributed by atoms with van der Waals surface area (Å²) in [5.74, 6) is 3.45. The van der Waals surface area contributed by atoms with Gasteiger partial charge >= 0.3 is 0 Å². The number of benzene rings is 4. The van der Waals surface area contributed by atoms with Crippen LogP contribution in [0, 0.1) is 41.5 Å². The molecule has 4 heterocycles. The third-order valence-corrected chi connectivity index (χ3v) is 14.5. The third-order valence-electron chi connectivity index (χ3n) is 12.5. The number of amides is 4. The van der Waals surface area contributed by atoms with Crippen molar-refractivity contribution in [3.05, 3.63) is 104 Å². The van der Waals surface area contributed by atoms with Gasteiger partial charge in [0.05, 0.1) is 10.5 Å². The highest BCUT2D eigenvalue weighted by atomic mass is 32.2. The van der Waals surface area contributed by atoms with Crippen LogP contribution in [0.4, 0.5) is 9.59 Å². The number of phenols is 2. The highest BCUT2D eigenvalue weighted by Crippen LogP contribution is 2.45. The molecule has 4 aliphatic rings. The molecule has 4 unspecified atom stereocenters. The molecule has 14 heteroatoms. The van der Waals surface area contributed by atoms with Crippen LogP contribution in [0.25, 0.3) is 0 Å². The number of imide groups is 2. The molecule has 4 aromatic carbocycles.